The predicted octanol–water partition coefficient (Wildman–Crippen LogP) is 6.20. The zero-order valence-electron chi connectivity index (χ0n) is 18.1. The lowest BCUT2D eigenvalue weighted by atomic mass is 10.1. The van der Waals surface area contributed by atoms with Crippen molar-refractivity contribution in [3.63, 3.8) is 0 Å². The Balaban J connectivity index is 1.61. The molecule has 0 unspecified atom stereocenters. The van der Waals surface area contributed by atoms with Crippen LogP contribution in [0, 0.1) is 17.0 Å². The van der Waals surface area contributed by atoms with Crippen LogP contribution in [-0.2, 0) is 13.2 Å². The summed E-state index contributed by atoms with van der Waals surface area (Å²) in [6.07, 6.45) is 0. The Hall–Kier alpha value is -4.39. The van der Waals surface area contributed by atoms with Gasteiger partial charge in [0, 0.05) is 11.6 Å². The van der Waals surface area contributed by atoms with Gasteiger partial charge in [0.05, 0.1) is 4.92 Å². The van der Waals surface area contributed by atoms with Gasteiger partial charge in [-0.25, -0.2) is 0 Å². The van der Waals surface area contributed by atoms with Crippen molar-refractivity contribution in [3.8, 4) is 11.8 Å². The first-order valence-electron chi connectivity index (χ1n) is 10.5. The average Bonchev–Trinajstić information content (AvgIpc) is 2.83. The molecule has 0 fully saturated rings. The fourth-order valence-corrected chi connectivity index (χ4v) is 3.31. The molecule has 33 heavy (non-hydrogen) atoms. The third-order valence-corrected chi connectivity index (χ3v) is 4.97. The van der Waals surface area contributed by atoms with Crippen LogP contribution in [0.4, 0.5) is 17.1 Å². The minimum absolute atomic E-state index is 0.0101. The molecule has 0 aliphatic heterocycles. The van der Waals surface area contributed by atoms with Gasteiger partial charge >= 0.3 is 0 Å². The number of aromatic nitrogens is 1. The van der Waals surface area contributed by atoms with Crippen molar-refractivity contribution < 1.29 is 14.4 Å². The van der Waals surface area contributed by atoms with E-state index in [9.17, 15) is 10.1 Å². The van der Waals surface area contributed by atoms with E-state index >= 15 is 0 Å². The van der Waals surface area contributed by atoms with Crippen LogP contribution in [0.3, 0.4) is 0 Å². The Morgan fingerprint density at radius 2 is 1.42 bits per heavy atom. The summed E-state index contributed by atoms with van der Waals surface area (Å²) in [5, 5.41) is 14.7. The van der Waals surface area contributed by atoms with Gasteiger partial charge in [0.25, 0.3) is 5.69 Å². The van der Waals surface area contributed by atoms with Crippen molar-refractivity contribution in [1.82, 2.24) is 4.98 Å². The maximum Gasteiger partial charge on any atom is 0.295 e. The van der Waals surface area contributed by atoms with Crippen molar-refractivity contribution >= 4 is 17.1 Å². The van der Waals surface area contributed by atoms with Crippen LogP contribution in [0.2, 0.25) is 0 Å². The first kappa shape index (κ1) is 21.8. The monoisotopic (exact) mass is 441 g/mol. The highest BCUT2D eigenvalue weighted by Crippen LogP contribution is 2.35. The van der Waals surface area contributed by atoms with E-state index in [1.807, 2.05) is 60.7 Å². The number of rotatable bonds is 9. The van der Waals surface area contributed by atoms with E-state index < -0.39 is 4.92 Å². The number of para-hydroxylation sites is 1. The molecule has 4 rings (SSSR count). The lowest BCUT2D eigenvalue weighted by Crippen LogP contribution is -2.05. The van der Waals surface area contributed by atoms with Crippen molar-refractivity contribution in [2.45, 2.75) is 20.1 Å². The fraction of sp³-hybridized carbons (Fsp3) is 0.115. The highest BCUT2D eigenvalue weighted by atomic mass is 16.6. The van der Waals surface area contributed by atoms with Gasteiger partial charge in [-0.05, 0) is 30.2 Å². The molecule has 0 aliphatic rings. The van der Waals surface area contributed by atoms with Crippen molar-refractivity contribution in [2.24, 2.45) is 0 Å². The standard InChI is InChI=1S/C26H23N3O4/c1-19-9-8-14-22(25(19)29(30)31)27-23-15-16-24(32-17-20-10-4-2-5-11-20)28-26(23)33-18-21-12-6-3-7-13-21/h2-16,27H,17-18H2,1H3. The number of hydrogen-bond acceptors (Lipinski definition) is 6. The molecule has 1 N–H and O–H groups in total. The smallest absolute Gasteiger partial charge is 0.295 e. The Bertz CT molecular complexity index is 1230. The molecule has 4 aromatic rings. The molecule has 0 amide bonds. The van der Waals surface area contributed by atoms with Crippen LogP contribution >= 0.6 is 0 Å². The second kappa shape index (κ2) is 10.3. The molecule has 166 valence electrons. The largest absolute Gasteiger partial charge is 0.473 e. The quantitative estimate of drug-likeness (QED) is 0.246. The molecule has 0 saturated carbocycles. The Labute approximate surface area is 191 Å². The summed E-state index contributed by atoms with van der Waals surface area (Å²) in [6.45, 7) is 2.36. The number of aryl methyl sites for hydroxylation is 1. The lowest BCUT2D eigenvalue weighted by Gasteiger charge is -2.15. The van der Waals surface area contributed by atoms with Crippen LogP contribution in [0.5, 0.6) is 11.8 Å². The third-order valence-electron chi connectivity index (χ3n) is 4.97. The summed E-state index contributed by atoms with van der Waals surface area (Å²) < 4.78 is 11.8. The topological polar surface area (TPSA) is 86.5 Å². The van der Waals surface area contributed by atoms with Gasteiger partial charge in [-0.3, -0.25) is 10.1 Å². The number of nitrogens with one attached hydrogen (secondary N) is 1. The minimum atomic E-state index is -0.396. The second-order valence-electron chi connectivity index (χ2n) is 7.40. The van der Waals surface area contributed by atoms with Crippen molar-refractivity contribution in [1.29, 1.82) is 0 Å². The number of nitrogens with zero attached hydrogens (tertiary/aromatic N) is 2. The SMILES string of the molecule is Cc1cccc(Nc2ccc(OCc3ccccc3)nc2OCc2ccccc2)c1[N+](=O)[O-]. The van der Waals surface area contributed by atoms with E-state index in [0.29, 0.717) is 41.9 Å². The zero-order valence-corrected chi connectivity index (χ0v) is 18.1. The second-order valence-corrected chi connectivity index (χ2v) is 7.40. The number of anilines is 2. The molecule has 7 nitrogen and oxygen atoms in total. The fourth-order valence-electron chi connectivity index (χ4n) is 3.31. The number of benzene rings is 3. The molecule has 0 radical (unpaired) electrons. The van der Waals surface area contributed by atoms with Gasteiger partial charge in [-0.15, -0.1) is 0 Å². The van der Waals surface area contributed by atoms with Crippen LogP contribution in [0.25, 0.3) is 0 Å². The van der Waals surface area contributed by atoms with E-state index in [4.69, 9.17) is 9.47 Å². The Kier molecular flexibility index (Phi) is 6.80. The summed E-state index contributed by atoms with van der Waals surface area (Å²) in [5.74, 6) is 0.687. The Morgan fingerprint density at radius 3 is 2.06 bits per heavy atom. The van der Waals surface area contributed by atoms with Gasteiger partial charge in [-0.1, -0.05) is 72.8 Å². The summed E-state index contributed by atoms with van der Waals surface area (Å²) in [5.41, 5.74) is 3.44. The summed E-state index contributed by atoms with van der Waals surface area (Å²) in [6, 6.07) is 28.1. The number of hydrogen-bond donors (Lipinski definition) is 1. The van der Waals surface area contributed by atoms with Gasteiger partial charge in [-0.2, -0.15) is 4.98 Å². The number of ether oxygens (including phenoxy) is 2. The molecule has 0 aliphatic carbocycles. The molecule has 0 atom stereocenters. The molecule has 3 aromatic carbocycles. The molecule has 1 aromatic heterocycles. The highest BCUT2D eigenvalue weighted by Gasteiger charge is 2.19. The summed E-state index contributed by atoms with van der Waals surface area (Å²) in [4.78, 5) is 15.7. The third kappa shape index (κ3) is 5.65. The average molecular weight is 441 g/mol. The van der Waals surface area contributed by atoms with Crippen LogP contribution < -0.4 is 14.8 Å². The van der Waals surface area contributed by atoms with E-state index in [1.165, 1.54) is 0 Å². The number of nitro benzene ring substituents is 1. The predicted molar refractivity (Wildman–Crippen MR) is 127 cm³/mol. The molecular weight excluding hydrogens is 418 g/mol. The first-order valence-corrected chi connectivity index (χ1v) is 10.5. The molecular formula is C26H23N3O4. The molecule has 7 heteroatoms. The highest BCUT2D eigenvalue weighted by molar-refractivity contribution is 5.74. The van der Waals surface area contributed by atoms with Gasteiger partial charge in [0.1, 0.15) is 24.6 Å². The maximum atomic E-state index is 11.6. The maximum absolute atomic E-state index is 11.6. The van der Waals surface area contributed by atoms with Gasteiger partial charge < -0.3 is 14.8 Å². The normalized spacial score (nSPS) is 10.5. The number of pyridine rings is 1. The van der Waals surface area contributed by atoms with Crippen molar-refractivity contribution in [2.75, 3.05) is 5.32 Å². The van der Waals surface area contributed by atoms with E-state index in [2.05, 4.69) is 10.3 Å². The molecule has 0 saturated heterocycles. The minimum Gasteiger partial charge on any atom is -0.473 e. The van der Waals surface area contributed by atoms with Crippen molar-refractivity contribution in [3.05, 3.63) is 118 Å². The van der Waals surface area contributed by atoms with Crippen LogP contribution in [-0.4, -0.2) is 9.91 Å². The zero-order chi connectivity index (χ0) is 23.0. The number of nitro groups is 1. The first-order chi connectivity index (χ1) is 16.1. The molecule has 0 bridgehead atoms. The van der Waals surface area contributed by atoms with E-state index in [0.717, 1.165) is 11.1 Å². The van der Waals surface area contributed by atoms with Gasteiger partial charge in [0.15, 0.2) is 0 Å². The summed E-state index contributed by atoms with van der Waals surface area (Å²) in [7, 11) is 0. The van der Waals surface area contributed by atoms with Crippen LogP contribution in [0.15, 0.2) is 91.0 Å². The lowest BCUT2D eigenvalue weighted by molar-refractivity contribution is -0.384. The summed E-state index contributed by atoms with van der Waals surface area (Å²) >= 11 is 0. The van der Waals surface area contributed by atoms with Gasteiger partial charge in [0.2, 0.25) is 11.8 Å². The van der Waals surface area contributed by atoms with E-state index in [-0.39, 0.29) is 5.69 Å². The molecule has 1 heterocycles. The van der Waals surface area contributed by atoms with E-state index in [1.54, 1.807) is 37.3 Å². The molecule has 0 spiro atoms. The van der Waals surface area contributed by atoms with Crippen LogP contribution in [0.1, 0.15) is 16.7 Å². The Morgan fingerprint density at radius 1 is 0.788 bits per heavy atom.